The van der Waals surface area contributed by atoms with E-state index in [0.29, 0.717) is 6.10 Å². The molecule has 1 saturated heterocycles. The Morgan fingerprint density at radius 3 is 2.59 bits per heavy atom. The molecule has 1 aliphatic rings. The third-order valence-electron chi connectivity index (χ3n) is 3.79. The molecular formula is C15H28O2. The second kappa shape index (κ2) is 6.55. The fourth-order valence-electron chi connectivity index (χ4n) is 2.31. The van der Waals surface area contributed by atoms with E-state index < -0.39 is 0 Å². The van der Waals surface area contributed by atoms with Crippen LogP contribution in [0, 0.1) is 5.92 Å². The van der Waals surface area contributed by atoms with Crippen LogP contribution in [0.5, 0.6) is 0 Å². The molecule has 0 aliphatic carbocycles. The van der Waals surface area contributed by atoms with E-state index in [1.54, 1.807) is 0 Å². The van der Waals surface area contributed by atoms with Crippen LogP contribution in [0.2, 0.25) is 0 Å². The van der Waals surface area contributed by atoms with Crippen LogP contribution in [0.25, 0.3) is 0 Å². The summed E-state index contributed by atoms with van der Waals surface area (Å²) in [5, 5.41) is 8.76. The smallest absolute Gasteiger partial charge is 0.0892 e. The molecule has 0 aromatic carbocycles. The van der Waals surface area contributed by atoms with Crippen molar-refractivity contribution < 1.29 is 9.84 Å². The van der Waals surface area contributed by atoms with E-state index in [2.05, 4.69) is 27.7 Å². The molecule has 100 valence electrons. The molecule has 0 amide bonds. The Balaban J connectivity index is 2.02. The molecule has 1 N–H and O–H groups in total. The van der Waals surface area contributed by atoms with Gasteiger partial charge >= 0.3 is 0 Å². The highest BCUT2D eigenvalue weighted by Gasteiger charge is 2.46. The second-order valence-electron chi connectivity index (χ2n) is 6.02. The summed E-state index contributed by atoms with van der Waals surface area (Å²) in [4.78, 5) is 0. The molecule has 17 heavy (non-hydrogen) atoms. The Morgan fingerprint density at radius 2 is 2.06 bits per heavy atom. The van der Waals surface area contributed by atoms with Crippen molar-refractivity contribution in [2.75, 3.05) is 6.61 Å². The quantitative estimate of drug-likeness (QED) is 0.518. The summed E-state index contributed by atoms with van der Waals surface area (Å²) in [5.41, 5.74) is 1.46. The summed E-state index contributed by atoms with van der Waals surface area (Å²) >= 11 is 0. The molecule has 2 nitrogen and oxygen atoms in total. The van der Waals surface area contributed by atoms with Crippen LogP contribution in [-0.4, -0.2) is 23.4 Å². The third kappa shape index (κ3) is 5.69. The van der Waals surface area contributed by atoms with Gasteiger partial charge in [-0.3, -0.25) is 0 Å². The molecule has 1 rings (SSSR count). The van der Waals surface area contributed by atoms with Gasteiger partial charge in [-0.1, -0.05) is 25.0 Å². The summed E-state index contributed by atoms with van der Waals surface area (Å²) in [7, 11) is 0. The molecule has 2 unspecified atom stereocenters. The first-order valence-corrected chi connectivity index (χ1v) is 6.90. The van der Waals surface area contributed by atoms with Crippen LogP contribution in [0.1, 0.15) is 59.8 Å². The lowest BCUT2D eigenvalue weighted by Gasteiger charge is -2.10. The molecular weight excluding hydrogens is 212 g/mol. The zero-order chi connectivity index (χ0) is 12.9. The van der Waals surface area contributed by atoms with E-state index in [0.717, 1.165) is 12.3 Å². The number of aliphatic hydroxyl groups is 1. The van der Waals surface area contributed by atoms with Gasteiger partial charge in [0.05, 0.1) is 18.3 Å². The topological polar surface area (TPSA) is 32.8 Å². The summed E-state index contributed by atoms with van der Waals surface area (Å²) in [6, 6.07) is 0. The number of epoxide rings is 1. The van der Waals surface area contributed by atoms with Gasteiger partial charge in [0, 0.05) is 0 Å². The lowest BCUT2D eigenvalue weighted by Crippen LogP contribution is -2.05. The van der Waals surface area contributed by atoms with E-state index in [1.807, 2.05) is 6.08 Å². The Kier molecular flexibility index (Phi) is 5.68. The van der Waals surface area contributed by atoms with E-state index >= 15 is 0 Å². The first-order chi connectivity index (χ1) is 7.95. The van der Waals surface area contributed by atoms with Crippen molar-refractivity contribution in [2.24, 2.45) is 5.92 Å². The minimum absolute atomic E-state index is 0.153. The third-order valence-corrected chi connectivity index (χ3v) is 3.79. The van der Waals surface area contributed by atoms with Crippen molar-refractivity contribution in [1.29, 1.82) is 0 Å². The average Bonchev–Trinajstić information content (AvgIpc) is 2.84. The molecule has 0 aromatic rings. The Labute approximate surface area is 106 Å². The van der Waals surface area contributed by atoms with Crippen molar-refractivity contribution in [1.82, 2.24) is 0 Å². The van der Waals surface area contributed by atoms with Crippen LogP contribution in [-0.2, 0) is 4.74 Å². The maximum Gasteiger partial charge on any atom is 0.0892 e. The zero-order valence-corrected chi connectivity index (χ0v) is 11.8. The predicted molar refractivity (Wildman–Crippen MR) is 72.0 cm³/mol. The van der Waals surface area contributed by atoms with E-state index in [4.69, 9.17) is 9.84 Å². The van der Waals surface area contributed by atoms with Gasteiger partial charge in [0.2, 0.25) is 0 Å². The zero-order valence-electron chi connectivity index (χ0n) is 11.8. The van der Waals surface area contributed by atoms with Gasteiger partial charge in [-0.15, -0.1) is 0 Å². The largest absolute Gasteiger partial charge is 0.392 e. The predicted octanol–water partition coefficient (Wildman–Crippen LogP) is 3.69. The van der Waals surface area contributed by atoms with E-state index in [-0.39, 0.29) is 12.2 Å². The Hall–Kier alpha value is -0.340. The molecule has 1 heterocycles. The maximum atomic E-state index is 8.76. The van der Waals surface area contributed by atoms with Gasteiger partial charge in [0.25, 0.3) is 0 Å². The Bertz CT molecular complexity index is 256. The first kappa shape index (κ1) is 14.7. The molecule has 1 aliphatic heterocycles. The molecule has 0 aromatic heterocycles. The minimum Gasteiger partial charge on any atom is -0.392 e. The summed E-state index contributed by atoms with van der Waals surface area (Å²) < 4.78 is 5.59. The highest BCUT2D eigenvalue weighted by molar-refractivity contribution is 4.97. The van der Waals surface area contributed by atoms with Crippen molar-refractivity contribution in [3.63, 3.8) is 0 Å². The van der Waals surface area contributed by atoms with Crippen LogP contribution in [0.3, 0.4) is 0 Å². The average molecular weight is 240 g/mol. The fraction of sp³-hybridized carbons (Fsp3) is 0.867. The first-order valence-electron chi connectivity index (χ1n) is 6.90. The standard InChI is InChI=1S/C15H28O2/c1-12(6-5-7-13(2)10-11-16)8-9-14-15(3,4)17-14/h10,12,14,16H,5-9,11H2,1-4H3. The van der Waals surface area contributed by atoms with Crippen LogP contribution < -0.4 is 0 Å². The molecule has 0 radical (unpaired) electrons. The number of hydrogen-bond acceptors (Lipinski definition) is 2. The molecule has 0 saturated carbocycles. The van der Waals surface area contributed by atoms with Crippen molar-refractivity contribution in [3.8, 4) is 0 Å². The monoisotopic (exact) mass is 240 g/mol. The Morgan fingerprint density at radius 1 is 1.41 bits per heavy atom. The summed E-state index contributed by atoms with van der Waals surface area (Å²) in [6.07, 6.45) is 8.53. The second-order valence-corrected chi connectivity index (χ2v) is 6.02. The molecule has 1 fully saturated rings. The van der Waals surface area contributed by atoms with E-state index in [9.17, 15) is 0 Å². The lowest BCUT2D eigenvalue weighted by molar-refractivity contribution is 0.312. The van der Waals surface area contributed by atoms with Gasteiger partial charge in [0.1, 0.15) is 0 Å². The number of hydrogen-bond donors (Lipinski definition) is 1. The highest BCUT2D eigenvalue weighted by Crippen LogP contribution is 2.39. The molecule has 2 heteroatoms. The van der Waals surface area contributed by atoms with Gasteiger partial charge in [-0.2, -0.15) is 0 Å². The van der Waals surface area contributed by atoms with E-state index in [1.165, 1.54) is 31.3 Å². The minimum atomic E-state index is 0.153. The van der Waals surface area contributed by atoms with Crippen molar-refractivity contribution in [2.45, 2.75) is 71.5 Å². The van der Waals surface area contributed by atoms with Crippen LogP contribution in [0.15, 0.2) is 11.6 Å². The number of aliphatic hydroxyl groups excluding tert-OH is 1. The van der Waals surface area contributed by atoms with Crippen molar-refractivity contribution in [3.05, 3.63) is 11.6 Å². The van der Waals surface area contributed by atoms with Crippen molar-refractivity contribution >= 4 is 0 Å². The van der Waals surface area contributed by atoms with Gasteiger partial charge in [0.15, 0.2) is 0 Å². The molecule has 2 atom stereocenters. The molecule has 0 bridgehead atoms. The normalized spacial score (nSPS) is 24.8. The molecule has 0 spiro atoms. The van der Waals surface area contributed by atoms with Gasteiger partial charge in [-0.05, 0) is 52.4 Å². The fourth-order valence-corrected chi connectivity index (χ4v) is 2.31. The number of ether oxygens (including phenoxy) is 1. The summed E-state index contributed by atoms with van der Waals surface area (Å²) in [5.74, 6) is 0.789. The number of allylic oxidation sites excluding steroid dienone is 1. The lowest BCUT2D eigenvalue weighted by atomic mass is 9.94. The maximum absolute atomic E-state index is 8.76. The van der Waals surface area contributed by atoms with Crippen LogP contribution >= 0.6 is 0 Å². The van der Waals surface area contributed by atoms with Gasteiger partial charge < -0.3 is 9.84 Å². The van der Waals surface area contributed by atoms with Crippen LogP contribution in [0.4, 0.5) is 0 Å². The number of rotatable bonds is 8. The highest BCUT2D eigenvalue weighted by atomic mass is 16.6. The SMILES string of the molecule is CC(=CCO)CCCC(C)CCC1OC1(C)C. The van der Waals surface area contributed by atoms with Gasteiger partial charge in [-0.25, -0.2) is 0 Å². The summed E-state index contributed by atoms with van der Waals surface area (Å²) in [6.45, 7) is 8.95.